The summed E-state index contributed by atoms with van der Waals surface area (Å²) in [6, 6.07) is 25.0. The number of nitrogen functional groups attached to an aromatic ring is 1. The number of anilines is 1. The summed E-state index contributed by atoms with van der Waals surface area (Å²) < 4.78 is 8.11. The largest absolute Gasteiger partial charge is 0.489 e. The molecule has 1 aliphatic carbocycles. The quantitative estimate of drug-likeness (QED) is 0.242. The Labute approximate surface area is 243 Å². The third-order valence-electron chi connectivity index (χ3n) is 8.49. The molecular weight excluding hydrogens is 526 g/mol. The van der Waals surface area contributed by atoms with Crippen LogP contribution in [0.5, 0.6) is 5.75 Å². The van der Waals surface area contributed by atoms with Crippen LogP contribution in [0.2, 0.25) is 0 Å². The molecule has 42 heavy (non-hydrogen) atoms. The predicted octanol–water partition coefficient (Wildman–Crippen LogP) is 6.13. The van der Waals surface area contributed by atoms with Crippen molar-refractivity contribution in [2.45, 2.75) is 38.2 Å². The van der Waals surface area contributed by atoms with Gasteiger partial charge in [-0.25, -0.2) is 9.97 Å². The average Bonchev–Trinajstić information content (AvgIpc) is 3.57. The zero-order valence-corrected chi connectivity index (χ0v) is 23.1. The van der Waals surface area contributed by atoms with Crippen LogP contribution in [0.1, 0.15) is 63.7 Å². The topological polar surface area (TPSA) is 103 Å². The molecule has 8 heteroatoms. The lowest BCUT2D eigenvalue weighted by molar-refractivity contribution is 0.0614. The number of hydrogen-bond acceptors (Lipinski definition) is 6. The second-order valence-electron chi connectivity index (χ2n) is 11.2. The van der Waals surface area contributed by atoms with Crippen molar-refractivity contribution in [1.82, 2.24) is 19.3 Å². The molecule has 0 radical (unpaired) electrons. The van der Waals surface area contributed by atoms with Gasteiger partial charge in [0.25, 0.3) is 11.8 Å². The van der Waals surface area contributed by atoms with Gasteiger partial charge >= 0.3 is 0 Å². The van der Waals surface area contributed by atoms with Crippen LogP contribution in [0.4, 0.5) is 5.82 Å². The van der Waals surface area contributed by atoms with Crippen LogP contribution < -0.4 is 10.5 Å². The van der Waals surface area contributed by atoms with E-state index >= 15 is 0 Å². The van der Waals surface area contributed by atoms with Crippen LogP contribution >= 0.6 is 0 Å². The van der Waals surface area contributed by atoms with Crippen LogP contribution in [0.15, 0.2) is 91.3 Å². The summed E-state index contributed by atoms with van der Waals surface area (Å²) in [7, 11) is 0. The number of imidazole rings is 1. The van der Waals surface area contributed by atoms with Gasteiger partial charge in [-0.05, 0) is 61.4 Å². The first-order valence-corrected chi connectivity index (χ1v) is 14.4. The Morgan fingerprint density at radius 3 is 2.31 bits per heavy atom. The van der Waals surface area contributed by atoms with E-state index in [-0.39, 0.29) is 23.7 Å². The van der Waals surface area contributed by atoms with Gasteiger partial charge < -0.3 is 10.5 Å². The molecule has 3 aromatic carbocycles. The van der Waals surface area contributed by atoms with Gasteiger partial charge in [0.05, 0.1) is 23.0 Å². The van der Waals surface area contributed by atoms with Crippen molar-refractivity contribution in [2.75, 3.05) is 12.3 Å². The van der Waals surface area contributed by atoms with E-state index in [4.69, 9.17) is 15.5 Å². The molecular formula is C34H31N5O3. The monoisotopic (exact) mass is 557 g/mol. The second-order valence-corrected chi connectivity index (χ2v) is 11.2. The van der Waals surface area contributed by atoms with E-state index in [0.29, 0.717) is 30.1 Å². The zero-order valence-electron chi connectivity index (χ0n) is 23.1. The molecule has 1 saturated carbocycles. The van der Waals surface area contributed by atoms with Crippen LogP contribution in [0.3, 0.4) is 0 Å². The van der Waals surface area contributed by atoms with Crippen molar-refractivity contribution in [3.8, 4) is 17.0 Å². The van der Waals surface area contributed by atoms with Crippen molar-refractivity contribution in [1.29, 1.82) is 0 Å². The van der Waals surface area contributed by atoms with Crippen LogP contribution in [0.25, 0.3) is 16.8 Å². The van der Waals surface area contributed by atoms with E-state index in [1.54, 1.807) is 30.5 Å². The number of rotatable bonds is 7. The third-order valence-corrected chi connectivity index (χ3v) is 8.49. The van der Waals surface area contributed by atoms with Gasteiger partial charge in [0, 0.05) is 24.2 Å². The zero-order chi connectivity index (χ0) is 28.6. The van der Waals surface area contributed by atoms with Crippen molar-refractivity contribution in [2.24, 2.45) is 5.92 Å². The van der Waals surface area contributed by atoms with E-state index in [9.17, 15) is 9.59 Å². The number of aromatic nitrogens is 3. The summed E-state index contributed by atoms with van der Waals surface area (Å²) in [4.78, 5) is 36.6. The van der Waals surface area contributed by atoms with Gasteiger partial charge in [0.1, 0.15) is 29.5 Å². The molecule has 0 spiro atoms. The number of hydrogen-bond donors (Lipinski definition) is 1. The lowest BCUT2D eigenvalue weighted by Gasteiger charge is -2.30. The minimum Gasteiger partial charge on any atom is -0.489 e. The van der Waals surface area contributed by atoms with Crippen LogP contribution in [-0.4, -0.2) is 37.6 Å². The van der Waals surface area contributed by atoms with Crippen molar-refractivity contribution in [3.63, 3.8) is 0 Å². The first-order valence-electron chi connectivity index (χ1n) is 14.4. The number of carbonyl (C=O) groups excluding carboxylic acids is 2. The van der Waals surface area contributed by atoms with Crippen LogP contribution in [-0.2, 0) is 6.61 Å². The Morgan fingerprint density at radius 2 is 1.57 bits per heavy atom. The maximum atomic E-state index is 12.8. The minimum atomic E-state index is -0.179. The second kappa shape index (κ2) is 10.8. The highest BCUT2D eigenvalue weighted by molar-refractivity contribution is 6.21. The highest BCUT2D eigenvalue weighted by atomic mass is 16.5. The molecule has 5 aromatic rings. The van der Waals surface area contributed by atoms with Crippen LogP contribution in [0, 0.1) is 5.92 Å². The number of fused-ring (bicyclic) bond motifs is 2. The molecule has 0 unspecified atom stereocenters. The predicted molar refractivity (Wildman–Crippen MR) is 160 cm³/mol. The molecule has 2 amide bonds. The maximum Gasteiger partial charge on any atom is 0.261 e. The van der Waals surface area contributed by atoms with Gasteiger partial charge in [-0.1, -0.05) is 54.6 Å². The molecule has 7 rings (SSSR count). The highest BCUT2D eigenvalue weighted by Gasteiger charge is 2.37. The Morgan fingerprint density at radius 1 is 0.857 bits per heavy atom. The van der Waals surface area contributed by atoms with Gasteiger partial charge in [-0.3, -0.25) is 18.9 Å². The lowest BCUT2D eigenvalue weighted by Crippen LogP contribution is -2.35. The molecule has 0 saturated heterocycles. The van der Waals surface area contributed by atoms with E-state index in [2.05, 4.69) is 9.38 Å². The summed E-state index contributed by atoms with van der Waals surface area (Å²) in [5.41, 5.74) is 11.0. The summed E-state index contributed by atoms with van der Waals surface area (Å²) in [6.45, 7) is 0.950. The number of nitrogens with two attached hydrogens (primary N) is 1. The molecule has 1 fully saturated rings. The number of ether oxygens (including phenoxy) is 1. The molecule has 0 bridgehead atoms. The number of benzene rings is 3. The van der Waals surface area contributed by atoms with E-state index in [1.165, 1.54) is 4.90 Å². The fourth-order valence-corrected chi connectivity index (χ4v) is 6.23. The fraction of sp³-hybridized carbons (Fsp3) is 0.235. The molecule has 3 heterocycles. The van der Waals surface area contributed by atoms with E-state index in [1.807, 2.05) is 60.8 Å². The van der Waals surface area contributed by atoms with Gasteiger partial charge in [0.2, 0.25) is 0 Å². The first-order chi connectivity index (χ1) is 20.5. The van der Waals surface area contributed by atoms with Gasteiger partial charge in [-0.2, -0.15) is 0 Å². The lowest BCUT2D eigenvalue weighted by atomic mass is 9.81. The third kappa shape index (κ3) is 4.79. The Hall–Kier alpha value is -4.98. The smallest absolute Gasteiger partial charge is 0.261 e. The molecule has 210 valence electrons. The normalized spacial score (nSPS) is 18.4. The molecule has 8 nitrogen and oxygen atoms in total. The minimum absolute atomic E-state index is 0.179. The van der Waals surface area contributed by atoms with Crippen molar-refractivity contribution >= 4 is 23.1 Å². The SMILES string of the molecule is Nc1nc(-c2cccc(OCc3ccccc3)c2)cn2c1cnc2[C@H]1CC[C@H](CN2C(=O)c3ccccc3C2=O)CC1. The maximum absolute atomic E-state index is 12.8. The molecule has 2 N–H and O–H groups in total. The van der Waals surface area contributed by atoms with E-state index < -0.39 is 0 Å². The van der Waals surface area contributed by atoms with Gasteiger partial charge in [-0.15, -0.1) is 0 Å². The molecule has 2 aliphatic rings. The molecule has 2 aromatic heterocycles. The number of carbonyl (C=O) groups is 2. The summed E-state index contributed by atoms with van der Waals surface area (Å²) in [6.07, 6.45) is 7.49. The Kier molecular flexibility index (Phi) is 6.66. The summed E-state index contributed by atoms with van der Waals surface area (Å²) in [5.74, 6) is 2.33. The van der Waals surface area contributed by atoms with E-state index in [0.717, 1.165) is 59.6 Å². The number of nitrogens with zero attached hydrogens (tertiary/aromatic N) is 4. The summed E-state index contributed by atoms with van der Waals surface area (Å²) >= 11 is 0. The Balaban J connectivity index is 1.06. The Bertz CT molecular complexity index is 1760. The molecule has 1 aliphatic heterocycles. The van der Waals surface area contributed by atoms with Crippen molar-refractivity contribution < 1.29 is 14.3 Å². The number of imide groups is 1. The van der Waals surface area contributed by atoms with Crippen molar-refractivity contribution in [3.05, 3.63) is 114 Å². The van der Waals surface area contributed by atoms with Gasteiger partial charge in [0.15, 0.2) is 0 Å². The highest BCUT2D eigenvalue weighted by Crippen LogP contribution is 2.38. The standard InChI is InChI=1S/C34H31N5O3/c35-31-30-18-36-32(24-15-13-22(14-16-24)19-39-33(40)27-11-4-5-12-28(27)34(39)41)38(30)20-29(37-31)25-9-6-10-26(17-25)42-21-23-7-2-1-3-8-23/h1-12,17-18,20,22,24H,13-16,19,21H2,(H2,35,37)/t22-,24-. The molecule has 0 atom stereocenters. The first kappa shape index (κ1) is 26.0. The fourth-order valence-electron chi connectivity index (χ4n) is 6.23. The number of amides is 2. The average molecular weight is 558 g/mol. The summed E-state index contributed by atoms with van der Waals surface area (Å²) in [5, 5.41) is 0.